The number of rotatable bonds is 1. The third-order valence-corrected chi connectivity index (χ3v) is 2.59. The number of methoxy groups -OCH3 is 1. The molecule has 1 aliphatic carbocycles. The Hall–Kier alpha value is -0.280. The lowest BCUT2D eigenvalue weighted by Crippen LogP contribution is -2.37. The van der Waals surface area contributed by atoms with Gasteiger partial charge in [0.05, 0.1) is 7.11 Å². The average Bonchev–Trinajstić information content (AvgIpc) is 2.54. The number of carbonyl (C=O) groups excluding carboxylic acids is 1. The van der Waals surface area contributed by atoms with Gasteiger partial charge < -0.3 is 10.1 Å². The highest BCUT2D eigenvalue weighted by molar-refractivity contribution is 5.85. The molecule has 1 saturated carbocycles. The molecule has 1 saturated heterocycles. The Morgan fingerprint density at radius 2 is 2.45 bits per heavy atom. The molecule has 0 bridgehead atoms. The molecule has 2 atom stereocenters. The first-order chi connectivity index (χ1) is 4.79. The third-order valence-electron chi connectivity index (χ3n) is 2.59. The molecule has 3 nitrogen and oxygen atoms in total. The lowest BCUT2D eigenvalue weighted by Gasteiger charge is -2.08. The minimum Gasteiger partial charge on any atom is -0.468 e. The van der Waals surface area contributed by atoms with Crippen molar-refractivity contribution in [2.45, 2.75) is 18.4 Å². The summed E-state index contributed by atoms with van der Waals surface area (Å²) in [7, 11) is 1.45. The zero-order chi connectivity index (χ0) is 7.19. The number of ether oxygens (including phenoxy) is 1. The van der Waals surface area contributed by atoms with Crippen molar-refractivity contribution in [1.29, 1.82) is 0 Å². The Kier molecular flexibility index (Phi) is 2.12. The highest BCUT2D eigenvalue weighted by atomic mass is 35.5. The number of esters is 1. The number of carbonyl (C=O) groups is 1. The van der Waals surface area contributed by atoms with Crippen LogP contribution >= 0.6 is 12.4 Å². The summed E-state index contributed by atoms with van der Waals surface area (Å²) in [6, 6.07) is 0. The van der Waals surface area contributed by atoms with E-state index in [4.69, 9.17) is 0 Å². The van der Waals surface area contributed by atoms with Crippen molar-refractivity contribution < 1.29 is 9.53 Å². The molecule has 0 unspecified atom stereocenters. The minimum absolute atomic E-state index is 0. The molecule has 4 heteroatoms. The fourth-order valence-corrected chi connectivity index (χ4v) is 1.87. The van der Waals surface area contributed by atoms with Crippen LogP contribution in [0.2, 0.25) is 0 Å². The van der Waals surface area contributed by atoms with Gasteiger partial charge in [0.25, 0.3) is 0 Å². The van der Waals surface area contributed by atoms with Crippen LogP contribution in [0.1, 0.15) is 12.8 Å². The molecule has 1 heterocycles. The first-order valence-corrected chi connectivity index (χ1v) is 3.63. The molecule has 0 aromatic heterocycles. The highest BCUT2D eigenvalue weighted by Gasteiger charge is 2.63. The predicted octanol–water partition coefficient (Wildman–Crippen LogP) is 0.333. The predicted molar refractivity (Wildman–Crippen MR) is 42.7 cm³/mol. The number of nitrogens with one attached hydrogen (secondary N) is 1. The quantitative estimate of drug-likeness (QED) is 0.587. The Labute approximate surface area is 71.9 Å². The monoisotopic (exact) mass is 177 g/mol. The first-order valence-electron chi connectivity index (χ1n) is 3.63. The van der Waals surface area contributed by atoms with Crippen molar-refractivity contribution >= 4 is 18.4 Å². The van der Waals surface area contributed by atoms with Crippen LogP contribution in [0.25, 0.3) is 0 Å². The summed E-state index contributed by atoms with van der Waals surface area (Å²) in [6.45, 7) is 0.972. The molecule has 0 amide bonds. The molecule has 2 fully saturated rings. The second-order valence-corrected chi connectivity index (χ2v) is 3.08. The van der Waals surface area contributed by atoms with Crippen LogP contribution in [0.15, 0.2) is 0 Å². The summed E-state index contributed by atoms with van der Waals surface area (Å²) in [6.07, 6.45) is 2.12. The summed E-state index contributed by atoms with van der Waals surface area (Å²) in [5, 5.41) is 3.18. The van der Waals surface area contributed by atoms with Gasteiger partial charge in [0.2, 0.25) is 0 Å². The van der Waals surface area contributed by atoms with Crippen LogP contribution < -0.4 is 5.32 Å². The third kappa shape index (κ3) is 1.03. The topological polar surface area (TPSA) is 38.3 Å². The van der Waals surface area contributed by atoms with Crippen molar-refractivity contribution in [1.82, 2.24) is 5.32 Å². The van der Waals surface area contributed by atoms with Gasteiger partial charge in [-0.2, -0.15) is 0 Å². The van der Waals surface area contributed by atoms with Crippen LogP contribution in [0.4, 0.5) is 0 Å². The number of fused-ring (bicyclic) bond motifs is 1. The highest BCUT2D eigenvalue weighted by Crippen LogP contribution is 2.50. The van der Waals surface area contributed by atoms with E-state index in [9.17, 15) is 4.79 Å². The number of piperidine rings is 1. The molecule has 0 aromatic rings. The van der Waals surface area contributed by atoms with Gasteiger partial charge in [-0.1, -0.05) is 0 Å². The van der Waals surface area contributed by atoms with E-state index < -0.39 is 0 Å². The molecule has 2 rings (SSSR count). The van der Waals surface area contributed by atoms with Gasteiger partial charge in [0, 0.05) is 0 Å². The maximum absolute atomic E-state index is 11.1. The Morgan fingerprint density at radius 3 is 2.82 bits per heavy atom. The van der Waals surface area contributed by atoms with E-state index in [0.717, 1.165) is 19.4 Å². The van der Waals surface area contributed by atoms with Gasteiger partial charge >= 0.3 is 5.97 Å². The van der Waals surface area contributed by atoms with E-state index >= 15 is 0 Å². The van der Waals surface area contributed by atoms with Crippen molar-refractivity contribution in [3.05, 3.63) is 0 Å². The largest absolute Gasteiger partial charge is 0.468 e. The van der Waals surface area contributed by atoms with E-state index in [0.29, 0.717) is 5.92 Å². The van der Waals surface area contributed by atoms with Gasteiger partial charge in [-0.15, -0.1) is 12.4 Å². The van der Waals surface area contributed by atoms with Gasteiger partial charge in [-0.3, -0.25) is 4.79 Å². The van der Waals surface area contributed by atoms with Crippen LogP contribution in [-0.4, -0.2) is 25.2 Å². The summed E-state index contributed by atoms with van der Waals surface area (Å²) in [4.78, 5) is 11.1. The molecule has 1 aliphatic heterocycles. The number of hydrogen-bond donors (Lipinski definition) is 1. The van der Waals surface area contributed by atoms with Crippen molar-refractivity contribution in [3.8, 4) is 0 Å². The maximum Gasteiger partial charge on any atom is 0.326 e. The van der Waals surface area contributed by atoms with Gasteiger partial charge in [0.15, 0.2) is 0 Å². The molecule has 64 valence electrons. The summed E-state index contributed by atoms with van der Waals surface area (Å²) < 4.78 is 4.68. The van der Waals surface area contributed by atoms with Crippen molar-refractivity contribution in [2.75, 3.05) is 13.7 Å². The summed E-state index contributed by atoms with van der Waals surface area (Å²) in [5.41, 5.74) is -0.241. The molecule has 0 spiro atoms. The van der Waals surface area contributed by atoms with Crippen molar-refractivity contribution in [2.24, 2.45) is 5.92 Å². The van der Waals surface area contributed by atoms with E-state index in [1.54, 1.807) is 0 Å². The minimum atomic E-state index is -0.241. The first kappa shape index (κ1) is 8.81. The fraction of sp³-hybridized carbons (Fsp3) is 0.857. The number of hydrogen-bond acceptors (Lipinski definition) is 3. The maximum atomic E-state index is 11.1. The molecule has 2 aliphatic rings. The second kappa shape index (κ2) is 2.64. The second-order valence-electron chi connectivity index (χ2n) is 3.08. The zero-order valence-electron chi connectivity index (χ0n) is 6.42. The number of halogens is 1. The Bertz CT molecular complexity index is 185. The average molecular weight is 178 g/mol. The molecule has 0 aromatic carbocycles. The van der Waals surface area contributed by atoms with E-state index in [2.05, 4.69) is 10.1 Å². The standard InChI is InChI=1S/C7H11NO2.ClH/c1-10-6(9)7-4-5(7)2-3-8-7;/h5,8H,2-4H2,1H3;1H/t5-,7+;/m1./s1. The van der Waals surface area contributed by atoms with Crippen LogP contribution in [0, 0.1) is 5.92 Å². The van der Waals surface area contributed by atoms with Crippen LogP contribution in [-0.2, 0) is 9.53 Å². The normalized spacial score (nSPS) is 38.8. The molecule has 1 N–H and O–H groups in total. The SMILES string of the molecule is COC(=O)[C@]12C[C@H]1CCN2.Cl. The lowest BCUT2D eigenvalue weighted by molar-refractivity contribution is -0.144. The Morgan fingerprint density at radius 1 is 1.73 bits per heavy atom. The van der Waals surface area contributed by atoms with Crippen LogP contribution in [0.5, 0.6) is 0 Å². The van der Waals surface area contributed by atoms with Crippen LogP contribution in [0.3, 0.4) is 0 Å². The smallest absolute Gasteiger partial charge is 0.326 e. The van der Waals surface area contributed by atoms with E-state index in [-0.39, 0.29) is 23.9 Å². The van der Waals surface area contributed by atoms with E-state index in [1.165, 1.54) is 7.11 Å². The molecule has 0 radical (unpaired) electrons. The lowest BCUT2D eigenvalue weighted by atomic mass is 10.2. The van der Waals surface area contributed by atoms with Gasteiger partial charge in [-0.25, -0.2) is 0 Å². The molecular formula is C7H12ClNO2. The summed E-state index contributed by atoms with van der Waals surface area (Å²) >= 11 is 0. The molecular weight excluding hydrogens is 166 g/mol. The van der Waals surface area contributed by atoms with Crippen molar-refractivity contribution in [3.63, 3.8) is 0 Å². The fourth-order valence-electron chi connectivity index (χ4n) is 1.87. The van der Waals surface area contributed by atoms with Gasteiger partial charge in [0.1, 0.15) is 5.54 Å². The Balaban J connectivity index is 0.000000605. The molecule has 11 heavy (non-hydrogen) atoms. The van der Waals surface area contributed by atoms with Gasteiger partial charge in [-0.05, 0) is 25.3 Å². The zero-order valence-corrected chi connectivity index (χ0v) is 7.24. The summed E-state index contributed by atoms with van der Waals surface area (Å²) in [5.74, 6) is 0.495. The van der Waals surface area contributed by atoms with E-state index in [1.807, 2.05) is 0 Å².